The Morgan fingerprint density at radius 1 is 1.00 bits per heavy atom. The minimum Gasteiger partial charge on any atom is -0.371 e. The van der Waals surface area contributed by atoms with Gasteiger partial charge in [-0.1, -0.05) is 17.7 Å². The summed E-state index contributed by atoms with van der Waals surface area (Å²) >= 11 is 6.31. The number of anilines is 1. The van der Waals surface area contributed by atoms with E-state index >= 15 is 0 Å². The Morgan fingerprint density at radius 3 is 2.16 bits per heavy atom. The molecule has 4 aliphatic rings. The third-order valence-corrected chi connectivity index (χ3v) is 8.25. The number of ether oxygens (including phenoxy) is 2. The molecule has 4 fully saturated rings. The summed E-state index contributed by atoms with van der Waals surface area (Å²) in [6, 6.07) is 5.62. The van der Waals surface area contributed by atoms with Crippen LogP contribution in [0.5, 0.6) is 0 Å². The molecular formula is C24H29ClF6N4O3. The van der Waals surface area contributed by atoms with E-state index in [4.69, 9.17) is 16.3 Å². The van der Waals surface area contributed by atoms with Crippen LogP contribution in [0.1, 0.15) is 24.8 Å². The van der Waals surface area contributed by atoms with Crippen molar-refractivity contribution in [2.45, 2.75) is 50.2 Å². The zero-order valence-electron chi connectivity index (χ0n) is 20.5. The molecule has 1 amide bonds. The quantitative estimate of drug-likeness (QED) is 0.415. The number of hydrogen-bond acceptors (Lipinski definition) is 6. The van der Waals surface area contributed by atoms with Crippen LogP contribution in [-0.2, 0) is 20.8 Å². The molecule has 4 aliphatic heterocycles. The monoisotopic (exact) mass is 570 g/mol. The highest BCUT2D eigenvalue weighted by molar-refractivity contribution is 6.30. The summed E-state index contributed by atoms with van der Waals surface area (Å²) in [4.78, 5) is 18.1. The second-order valence-corrected chi connectivity index (χ2v) is 10.8. The number of alkyl halides is 6. The van der Waals surface area contributed by atoms with Crippen molar-refractivity contribution in [3.8, 4) is 0 Å². The number of halogens is 7. The molecule has 14 heteroatoms. The normalized spacial score (nSPS) is 26.8. The molecule has 212 valence electrons. The molecule has 7 nitrogen and oxygen atoms in total. The van der Waals surface area contributed by atoms with Crippen LogP contribution in [0.15, 0.2) is 18.2 Å². The second kappa shape index (κ2) is 9.99. The van der Waals surface area contributed by atoms with E-state index < -0.39 is 24.4 Å². The number of piperidine rings is 1. The number of nitrogens with one attached hydrogen (secondary N) is 1. The van der Waals surface area contributed by atoms with Gasteiger partial charge in [0.05, 0.1) is 5.41 Å². The standard InChI is InChI=1S/C24H29ClF6N4O3/c25-17-2-1-16(18(13-17)34-7-4-21(5-8-34)3-6-32-20(21)36)14-33-9-11-35(12-10-33)22(15-37-22)38-19(23(26,27)28)24(29,30)31/h1-2,13,19H,3-12,14-15H2,(H,32,36)/t22-/m0/s1. The van der Waals surface area contributed by atoms with E-state index in [-0.39, 0.29) is 31.0 Å². The molecule has 0 saturated carbocycles. The fourth-order valence-corrected chi connectivity index (χ4v) is 5.88. The van der Waals surface area contributed by atoms with E-state index in [1.165, 1.54) is 4.90 Å². The highest BCUT2D eigenvalue weighted by Crippen LogP contribution is 2.44. The topological polar surface area (TPSA) is 60.6 Å². The van der Waals surface area contributed by atoms with Crippen molar-refractivity contribution in [1.29, 1.82) is 0 Å². The van der Waals surface area contributed by atoms with Gasteiger partial charge in [-0.2, -0.15) is 26.3 Å². The third kappa shape index (κ3) is 5.58. The summed E-state index contributed by atoms with van der Waals surface area (Å²) in [7, 11) is 0. The molecule has 4 heterocycles. The van der Waals surface area contributed by atoms with Gasteiger partial charge in [0.15, 0.2) is 0 Å². The summed E-state index contributed by atoms with van der Waals surface area (Å²) in [6.07, 6.45) is -12.8. The van der Waals surface area contributed by atoms with Crippen LogP contribution in [0.2, 0.25) is 5.02 Å². The minimum atomic E-state index is -5.60. The van der Waals surface area contributed by atoms with E-state index in [2.05, 4.69) is 19.9 Å². The number of benzene rings is 1. The van der Waals surface area contributed by atoms with Gasteiger partial charge >= 0.3 is 12.4 Å². The maximum absolute atomic E-state index is 13.0. The van der Waals surface area contributed by atoms with Crippen LogP contribution >= 0.6 is 11.6 Å². The van der Waals surface area contributed by atoms with Crippen molar-refractivity contribution in [2.24, 2.45) is 5.41 Å². The van der Waals surface area contributed by atoms with Crippen molar-refractivity contribution < 1.29 is 40.6 Å². The molecule has 0 aliphatic carbocycles. The van der Waals surface area contributed by atoms with Crippen LogP contribution in [0.3, 0.4) is 0 Å². The number of piperazine rings is 1. The van der Waals surface area contributed by atoms with Crippen LogP contribution < -0.4 is 10.2 Å². The van der Waals surface area contributed by atoms with Gasteiger partial charge in [0.1, 0.15) is 6.61 Å². The zero-order chi connectivity index (χ0) is 27.3. The van der Waals surface area contributed by atoms with Gasteiger partial charge in [0.2, 0.25) is 5.91 Å². The summed E-state index contributed by atoms with van der Waals surface area (Å²) < 4.78 is 87.6. The summed E-state index contributed by atoms with van der Waals surface area (Å²) in [5.74, 6) is -1.89. The molecule has 4 saturated heterocycles. The molecule has 0 aromatic heterocycles. The highest BCUT2D eigenvalue weighted by atomic mass is 35.5. The van der Waals surface area contributed by atoms with Crippen molar-refractivity contribution in [2.75, 3.05) is 57.3 Å². The zero-order valence-corrected chi connectivity index (χ0v) is 21.3. The Morgan fingerprint density at radius 2 is 1.63 bits per heavy atom. The minimum absolute atomic E-state index is 0.125. The van der Waals surface area contributed by atoms with E-state index in [9.17, 15) is 31.1 Å². The van der Waals surface area contributed by atoms with Gasteiger partial charge in [-0.3, -0.25) is 9.69 Å². The van der Waals surface area contributed by atoms with Gasteiger partial charge in [0.25, 0.3) is 12.0 Å². The van der Waals surface area contributed by atoms with Crippen molar-refractivity contribution in [3.63, 3.8) is 0 Å². The number of epoxide rings is 1. The number of hydrogen-bond donors (Lipinski definition) is 1. The van der Waals surface area contributed by atoms with Crippen LogP contribution in [0.25, 0.3) is 0 Å². The fraction of sp³-hybridized carbons (Fsp3) is 0.708. The number of carbonyl (C=O) groups is 1. The van der Waals surface area contributed by atoms with Crippen molar-refractivity contribution in [1.82, 2.24) is 15.1 Å². The lowest BCUT2D eigenvalue weighted by Crippen LogP contribution is -2.57. The highest BCUT2D eigenvalue weighted by Gasteiger charge is 2.65. The average Bonchev–Trinajstić information content (AvgIpc) is 3.56. The lowest BCUT2D eigenvalue weighted by molar-refractivity contribution is -0.359. The Bertz CT molecular complexity index is 1020. The first-order valence-corrected chi connectivity index (χ1v) is 12.9. The first kappa shape index (κ1) is 27.8. The van der Waals surface area contributed by atoms with Gasteiger partial charge < -0.3 is 19.7 Å². The van der Waals surface area contributed by atoms with Crippen LogP contribution in [0, 0.1) is 5.41 Å². The molecule has 1 aromatic carbocycles. The lowest BCUT2D eigenvalue weighted by Gasteiger charge is -2.41. The SMILES string of the molecule is O=C1NCCC12CCN(c1cc(Cl)ccc1CN1CCN([C@@]3(OC(C(F)(F)F)C(F)(F)F)CO3)CC1)CC2. The average molecular weight is 571 g/mol. The van der Waals surface area contributed by atoms with Gasteiger partial charge in [-0.15, -0.1) is 0 Å². The first-order chi connectivity index (χ1) is 17.8. The summed E-state index contributed by atoms with van der Waals surface area (Å²) in [5, 5.41) is 3.52. The third-order valence-electron chi connectivity index (χ3n) is 8.02. The van der Waals surface area contributed by atoms with Crippen LogP contribution in [-0.4, -0.2) is 92.5 Å². The summed E-state index contributed by atoms with van der Waals surface area (Å²) in [6.45, 7) is 3.50. The van der Waals surface area contributed by atoms with Crippen LogP contribution in [0.4, 0.5) is 32.0 Å². The largest absolute Gasteiger partial charge is 0.423 e. The predicted molar refractivity (Wildman–Crippen MR) is 125 cm³/mol. The molecule has 1 N–H and O–H groups in total. The van der Waals surface area contributed by atoms with Crippen molar-refractivity contribution in [3.05, 3.63) is 28.8 Å². The predicted octanol–water partition coefficient (Wildman–Crippen LogP) is 3.76. The van der Waals surface area contributed by atoms with Gasteiger partial charge in [0, 0.05) is 63.1 Å². The molecule has 38 heavy (non-hydrogen) atoms. The van der Waals surface area contributed by atoms with E-state index in [1.54, 1.807) is 6.07 Å². The van der Waals surface area contributed by atoms with E-state index in [1.807, 2.05) is 12.1 Å². The second-order valence-electron chi connectivity index (χ2n) is 10.4. The molecule has 1 spiro atoms. The number of amides is 1. The van der Waals surface area contributed by atoms with Gasteiger partial charge in [-0.25, -0.2) is 4.90 Å². The maximum Gasteiger partial charge on any atom is 0.423 e. The number of rotatable bonds is 6. The molecule has 0 radical (unpaired) electrons. The molecule has 5 rings (SSSR count). The Hall–Kier alpha value is -1.80. The summed E-state index contributed by atoms with van der Waals surface area (Å²) in [5.41, 5.74) is 1.68. The Kier molecular flexibility index (Phi) is 7.30. The van der Waals surface area contributed by atoms with E-state index in [0.717, 1.165) is 30.5 Å². The molecule has 0 unspecified atom stereocenters. The number of nitrogens with zero attached hydrogens (tertiary/aromatic N) is 3. The van der Waals surface area contributed by atoms with E-state index in [0.29, 0.717) is 44.3 Å². The molecule has 0 bridgehead atoms. The lowest BCUT2D eigenvalue weighted by atomic mass is 9.77. The number of carbonyl (C=O) groups excluding carboxylic acids is 1. The molecular weight excluding hydrogens is 542 g/mol. The Labute approximate surface area is 220 Å². The first-order valence-electron chi connectivity index (χ1n) is 12.6. The Balaban J connectivity index is 1.20. The molecule has 1 aromatic rings. The maximum atomic E-state index is 13.0. The molecule has 1 atom stereocenters. The fourth-order valence-electron chi connectivity index (χ4n) is 5.71. The van der Waals surface area contributed by atoms with Gasteiger partial charge in [-0.05, 0) is 37.0 Å². The van der Waals surface area contributed by atoms with Crippen molar-refractivity contribution >= 4 is 23.2 Å². The smallest absolute Gasteiger partial charge is 0.371 e.